The third kappa shape index (κ3) is 4.41. The van der Waals surface area contributed by atoms with Crippen LogP contribution in [0.2, 0.25) is 0 Å². The quantitative estimate of drug-likeness (QED) is 0.827. The monoisotopic (exact) mass is 358 g/mol. The molecule has 1 unspecified atom stereocenters. The fourth-order valence-corrected chi connectivity index (χ4v) is 2.65. The average Bonchev–Trinajstić information content (AvgIpc) is 3.20. The van der Waals surface area contributed by atoms with Crippen LogP contribution in [0.25, 0.3) is 0 Å². The minimum Gasteiger partial charge on any atom is -0.468 e. The third-order valence-electron chi connectivity index (χ3n) is 3.98. The van der Waals surface area contributed by atoms with Gasteiger partial charge in [-0.15, -0.1) is 0 Å². The van der Waals surface area contributed by atoms with E-state index in [1.54, 1.807) is 18.4 Å². The van der Waals surface area contributed by atoms with Crippen LogP contribution in [0.3, 0.4) is 0 Å². The zero-order valence-electron chi connectivity index (χ0n) is 14.3. The van der Waals surface area contributed by atoms with E-state index in [1.807, 2.05) is 13.8 Å². The number of furan rings is 1. The molecule has 0 fully saturated rings. The van der Waals surface area contributed by atoms with E-state index >= 15 is 0 Å². The molecular formula is C16H21F3N4O2. The molecule has 0 bridgehead atoms. The van der Waals surface area contributed by atoms with Crippen LogP contribution in [-0.2, 0) is 13.2 Å². The molecule has 0 aliphatic heterocycles. The molecule has 0 saturated carbocycles. The molecule has 1 amide bonds. The first-order chi connectivity index (χ1) is 11.8. The lowest BCUT2D eigenvalue weighted by atomic mass is 10.1. The van der Waals surface area contributed by atoms with E-state index in [1.165, 1.54) is 7.05 Å². The maximum absolute atomic E-state index is 12.7. The lowest BCUT2D eigenvalue weighted by Crippen LogP contribution is -2.38. The Morgan fingerprint density at radius 2 is 2.08 bits per heavy atom. The fourth-order valence-electron chi connectivity index (χ4n) is 2.65. The van der Waals surface area contributed by atoms with E-state index in [0.29, 0.717) is 5.76 Å². The minimum atomic E-state index is -4.59. The average molecular weight is 358 g/mol. The topological polar surface area (TPSA) is 63.3 Å². The summed E-state index contributed by atoms with van der Waals surface area (Å²) >= 11 is 0. The lowest BCUT2D eigenvalue weighted by molar-refractivity contribution is -0.141. The standard InChI is InChI=1S/C16H21F3N4O2/c1-4-23(5-2)12(13-7-6-8-25-13)10-20-15(24)11-9-14(16(17,18)19)21-22(11)3/h6-9,12H,4-5,10H2,1-3H3,(H,20,24). The molecule has 0 aromatic carbocycles. The lowest BCUT2D eigenvalue weighted by Gasteiger charge is -2.28. The normalized spacial score (nSPS) is 13.2. The third-order valence-corrected chi connectivity index (χ3v) is 3.98. The summed E-state index contributed by atoms with van der Waals surface area (Å²) in [6.07, 6.45) is -3.04. The van der Waals surface area contributed by atoms with Crippen molar-refractivity contribution in [3.05, 3.63) is 41.6 Å². The summed E-state index contributed by atoms with van der Waals surface area (Å²) in [6, 6.07) is 4.10. The molecule has 0 aliphatic rings. The Morgan fingerprint density at radius 3 is 2.56 bits per heavy atom. The highest BCUT2D eigenvalue weighted by molar-refractivity contribution is 5.92. The van der Waals surface area contributed by atoms with Crippen molar-refractivity contribution in [3.8, 4) is 0 Å². The van der Waals surface area contributed by atoms with E-state index in [0.717, 1.165) is 23.8 Å². The van der Waals surface area contributed by atoms with Crippen LogP contribution in [0.1, 0.15) is 41.8 Å². The SMILES string of the molecule is CCN(CC)C(CNC(=O)c1cc(C(F)(F)F)nn1C)c1ccco1. The van der Waals surface area contributed by atoms with Crippen LogP contribution < -0.4 is 5.32 Å². The Morgan fingerprint density at radius 1 is 1.40 bits per heavy atom. The molecule has 0 radical (unpaired) electrons. The van der Waals surface area contributed by atoms with Gasteiger partial charge in [0.05, 0.1) is 12.3 Å². The zero-order valence-corrected chi connectivity index (χ0v) is 14.3. The summed E-state index contributed by atoms with van der Waals surface area (Å²) in [7, 11) is 1.30. The molecule has 9 heteroatoms. The van der Waals surface area contributed by atoms with Crippen molar-refractivity contribution in [1.82, 2.24) is 20.0 Å². The van der Waals surface area contributed by atoms with Gasteiger partial charge in [0.2, 0.25) is 0 Å². The van der Waals surface area contributed by atoms with Crippen molar-refractivity contribution >= 4 is 5.91 Å². The maximum Gasteiger partial charge on any atom is 0.435 e. The molecule has 138 valence electrons. The van der Waals surface area contributed by atoms with Gasteiger partial charge in [-0.25, -0.2) is 0 Å². The van der Waals surface area contributed by atoms with E-state index in [4.69, 9.17) is 4.42 Å². The number of carbonyl (C=O) groups is 1. The minimum absolute atomic E-state index is 0.148. The Balaban J connectivity index is 2.13. The van der Waals surface area contributed by atoms with Crippen LogP contribution in [-0.4, -0.2) is 40.2 Å². The number of alkyl halides is 3. The first-order valence-corrected chi connectivity index (χ1v) is 7.94. The first-order valence-electron chi connectivity index (χ1n) is 7.94. The van der Waals surface area contributed by atoms with Crippen LogP contribution >= 0.6 is 0 Å². The molecule has 0 aliphatic carbocycles. The van der Waals surface area contributed by atoms with E-state index in [-0.39, 0.29) is 18.3 Å². The molecular weight excluding hydrogens is 337 g/mol. The second-order valence-corrected chi connectivity index (χ2v) is 5.50. The predicted molar refractivity (Wildman–Crippen MR) is 84.9 cm³/mol. The number of halogens is 3. The van der Waals surface area contributed by atoms with Crippen LogP contribution in [0, 0.1) is 0 Å². The van der Waals surface area contributed by atoms with E-state index in [9.17, 15) is 18.0 Å². The van der Waals surface area contributed by atoms with Crippen molar-refractivity contribution in [2.24, 2.45) is 7.05 Å². The molecule has 2 aromatic heterocycles. The van der Waals surface area contributed by atoms with Gasteiger partial charge in [-0.1, -0.05) is 13.8 Å². The molecule has 1 N–H and O–H groups in total. The summed E-state index contributed by atoms with van der Waals surface area (Å²) in [5.74, 6) is 0.0687. The largest absolute Gasteiger partial charge is 0.468 e. The number of carbonyl (C=O) groups excluding carboxylic acids is 1. The second kappa shape index (κ2) is 7.73. The summed E-state index contributed by atoms with van der Waals surface area (Å²) in [5, 5.41) is 6.02. The number of nitrogens with zero attached hydrogens (tertiary/aromatic N) is 3. The van der Waals surface area contributed by atoms with Gasteiger partial charge in [-0.3, -0.25) is 14.4 Å². The first kappa shape index (κ1) is 19.0. The summed E-state index contributed by atoms with van der Waals surface area (Å²) in [4.78, 5) is 14.4. The molecule has 1 atom stereocenters. The van der Waals surface area contributed by atoms with E-state index in [2.05, 4.69) is 15.3 Å². The van der Waals surface area contributed by atoms with Gasteiger partial charge in [0.1, 0.15) is 11.5 Å². The van der Waals surface area contributed by atoms with Gasteiger partial charge in [0.15, 0.2) is 5.69 Å². The summed E-state index contributed by atoms with van der Waals surface area (Å²) in [6.45, 7) is 5.65. The number of likely N-dealkylation sites (N-methyl/N-ethyl adjacent to an activating group) is 1. The molecule has 25 heavy (non-hydrogen) atoms. The molecule has 0 spiro atoms. The number of amides is 1. The van der Waals surface area contributed by atoms with Gasteiger partial charge in [0.25, 0.3) is 5.91 Å². The summed E-state index contributed by atoms with van der Waals surface area (Å²) in [5.41, 5.74) is -1.24. The number of nitrogens with one attached hydrogen (secondary N) is 1. The Bertz CT molecular complexity index is 691. The predicted octanol–water partition coefficient (Wildman–Crippen LogP) is 2.84. The van der Waals surface area contributed by atoms with Gasteiger partial charge in [-0.2, -0.15) is 18.3 Å². The van der Waals surface area contributed by atoms with Crippen LogP contribution in [0.15, 0.2) is 28.9 Å². The van der Waals surface area contributed by atoms with Crippen molar-refractivity contribution < 1.29 is 22.4 Å². The smallest absolute Gasteiger partial charge is 0.435 e. The van der Waals surface area contributed by atoms with Crippen LogP contribution in [0.5, 0.6) is 0 Å². The fraction of sp³-hybridized carbons (Fsp3) is 0.500. The van der Waals surface area contributed by atoms with Crippen molar-refractivity contribution in [2.45, 2.75) is 26.1 Å². The van der Waals surface area contributed by atoms with E-state index < -0.39 is 17.8 Å². The Kier molecular flexibility index (Phi) is 5.89. The van der Waals surface area contributed by atoms with Gasteiger partial charge in [0, 0.05) is 19.7 Å². The van der Waals surface area contributed by atoms with Crippen molar-refractivity contribution in [3.63, 3.8) is 0 Å². The Hall–Kier alpha value is -2.29. The number of rotatable bonds is 7. The number of hydrogen-bond acceptors (Lipinski definition) is 4. The number of aromatic nitrogens is 2. The number of hydrogen-bond donors (Lipinski definition) is 1. The molecule has 6 nitrogen and oxygen atoms in total. The van der Waals surface area contributed by atoms with Gasteiger partial charge < -0.3 is 9.73 Å². The number of aryl methyl sites for hydroxylation is 1. The van der Waals surface area contributed by atoms with Gasteiger partial charge >= 0.3 is 6.18 Å². The van der Waals surface area contributed by atoms with Crippen molar-refractivity contribution in [2.75, 3.05) is 19.6 Å². The Labute approximate surface area is 143 Å². The highest BCUT2D eigenvalue weighted by Gasteiger charge is 2.35. The molecule has 2 rings (SSSR count). The van der Waals surface area contributed by atoms with Gasteiger partial charge in [-0.05, 0) is 25.2 Å². The maximum atomic E-state index is 12.7. The molecule has 2 aromatic rings. The highest BCUT2D eigenvalue weighted by atomic mass is 19.4. The summed E-state index contributed by atoms with van der Waals surface area (Å²) < 4.78 is 44.5. The zero-order chi connectivity index (χ0) is 18.6. The second-order valence-electron chi connectivity index (χ2n) is 5.50. The van der Waals surface area contributed by atoms with Crippen molar-refractivity contribution in [1.29, 1.82) is 0 Å². The molecule has 2 heterocycles. The highest BCUT2D eigenvalue weighted by Crippen LogP contribution is 2.28. The van der Waals surface area contributed by atoms with Crippen LogP contribution in [0.4, 0.5) is 13.2 Å². The molecule has 0 saturated heterocycles.